The smallest absolute Gasteiger partial charge is 0.123 e. The highest BCUT2D eigenvalue weighted by molar-refractivity contribution is 5.27. The lowest BCUT2D eigenvalue weighted by Crippen LogP contribution is -2.16. The first kappa shape index (κ1) is 24.0. The van der Waals surface area contributed by atoms with E-state index in [0.717, 1.165) is 12.4 Å². The average molecular weight is 401 g/mol. The first-order valence-electron chi connectivity index (χ1n) is 12.2. The Bertz CT molecular complexity index is 542. The van der Waals surface area contributed by atoms with Crippen LogP contribution >= 0.6 is 0 Å². The maximum atomic E-state index is 5.79. The summed E-state index contributed by atoms with van der Waals surface area (Å²) in [7, 11) is 0. The molecule has 2 rings (SSSR count). The summed E-state index contributed by atoms with van der Waals surface area (Å²) in [5.41, 5.74) is 1.38. The molecule has 0 saturated carbocycles. The summed E-state index contributed by atoms with van der Waals surface area (Å²) >= 11 is 0. The summed E-state index contributed by atoms with van der Waals surface area (Å²) in [5.74, 6) is 0.955. The zero-order valence-corrected chi connectivity index (χ0v) is 19.1. The summed E-state index contributed by atoms with van der Waals surface area (Å²) in [4.78, 5) is 0. The molecule has 1 fully saturated rings. The first-order chi connectivity index (χ1) is 14.2. The van der Waals surface area contributed by atoms with Crippen LogP contribution in [0.25, 0.3) is 0 Å². The van der Waals surface area contributed by atoms with Crippen molar-refractivity contribution < 1.29 is 9.47 Å². The summed E-state index contributed by atoms with van der Waals surface area (Å²) < 4.78 is 11.1. The summed E-state index contributed by atoms with van der Waals surface area (Å²) in [6.45, 7) is 5.85. The molecule has 1 aliphatic heterocycles. The number of allylic oxidation sites excluding steroid dienone is 2. The molecule has 2 heteroatoms. The van der Waals surface area contributed by atoms with E-state index in [1.54, 1.807) is 0 Å². The molecule has 0 aliphatic carbocycles. The first-order valence-corrected chi connectivity index (χ1v) is 12.2. The largest absolute Gasteiger partial charge is 0.491 e. The molecule has 1 heterocycles. The van der Waals surface area contributed by atoms with Crippen LogP contribution < -0.4 is 4.74 Å². The predicted octanol–water partition coefficient (Wildman–Crippen LogP) is 8.04. The molecular formula is C27H44O2. The predicted molar refractivity (Wildman–Crippen MR) is 125 cm³/mol. The molecule has 0 radical (unpaired) electrons. The lowest BCUT2D eigenvalue weighted by molar-refractivity contribution is 0.202. The van der Waals surface area contributed by atoms with Crippen LogP contribution in [0, 0.1) is 0 Å². The van der Waals surface area contributed by atoms with E-state index in [1.807, 2.05) is 0 Å². The van der Waals surface area contributed by atoms with Gasteiger partial charge in [-0.05, 0) is 63.1 Å². The zero-order valence-electron chi connectivity index (χ0n) is 19.1. The highest BCUT2D eigenvalue weighted by Gasteiger charge is 2.40. The second-order valence-electron chi connectivity index (χ2n) is 9.01. The summed E-state index contributed by atoms with van der Waals surface area (Å²) in [6.07, 6.45) is 23.6. The van der Waals surface area contributed by atoms with Gasteiger partial charge in [-0.3, -0.25) is 0 Å². The molecule has 0 amide bonds. The van der Waals surface area contributed by atoms with Crippen molar-refractivity contribution in [1.29, 1.82) is 0 Å². The van der Waals surface area contributed by atoms with Gasteiger partial charge in [0.15, 0.2) is 0 Å². The second-order valence-corrected chi connectivity index (χ2v) is 9.01. The third-order valence-corrected chi connectivity index (χ3v) is 5.83. The van der Waals surface area contributed by atoms with Gasteiger partial charge in [0.25, 0.3) is 0 Å². The number of ether oxygens (including phenoxy) is 2. The Morgan fingerprint density at radius 1 is 0.828 bits per heavy atom. The van der Waals surface area contributed by atoms with Gasteiger partial charge in [-0.2, -0.15) is 0 Å². The van der Waals surface area contributed by atoms with Gasteiger partial charge in [0, 0.05) is 0 Å². The molecule has 1 aromatic rings. The Balaban J connectivity index is 1.36. The van der Waals surface area contributed by atoms with Crippen molar-refractivity contribution in [3.63, 3.8) is 0 Å². The normalized spacial score (nSPS) is 18.4. The zero-order chi connectivity index (χ0) is 20.6. The van der Waals surface area contributed by atoms with E-state index in [-0.39, 0.29) is 5.60 Å². The monoisotopic (exact) mass is 400 g/mol. The lowest BCUT2D eigenvalue weighted by Gasteiger charge is -2.09. The third-order valence-electron chi connectivity index (χ3n) is 5.83. The molecule has 1 atom stereocenters. The molecule has 29 heavy (non-hydrogen) atoms. The van der Waals surface area contributed by atoms with Crippen LogP contribution in [0.4, 0.5) is 0 Å². The fourth-order valence-electron chi connectivity index (χ4n) is 3.59. The molecule has 0 N–H and O–H groups in total. The van der Waals surface area contributed by atoms with Crippen molar-refractivity contribution in [2.75, 3.05) is 13.2 Å². The molecule has 1 saturated heterocycles. The van der Waals surface area contributed by atoms with Crippen LogP contribution in [0.1, 0.15) is 103 Å². The molecule has 1 aromatic carbocycles. The molecule has 1 aliphatic rings. The van der Waals surface area contributed by atoms with Crippen molar-refractivity contribution in [1.82, 2.24) is 0 Å². The Hall–Kier alpha value is -1.28. The minimum absolute atomic E-state index is 0.0388. The van der Waals surface area contributed by atoms with Crippen molar-refractivity contribution in [2.24, 2.45) is 0 Å². The van der Waals surface area contributed by atoms with E-state index >= 15 is 0 Å². The van der Waals surface area contributed by atoms with Gasteiger partial charge in [0.1, 0.15) is 18.0 Å². The maximum absolute atomic E-state index is 5.79. The van der Waals surface area contributed by atoms with Crippen LogP contribution in [0.15, 0.2) is 36.4 Å². The molecule has 1 unspecified atom stereocenters. The molecule has 0 aromatic heterocycles. The van der Waals surface area contributed by atoms with Gasteiger partial charge in [-0.15, -0.1) is 0 Å². The fourth-order valence-corrected chi connectivity index (χ4v) is 3.59. The SMILES string of the molecule is CCCCCCC/C=C/CCCCCCCCc1ccc(OCC2(C)CO2)cc1. The highest BCUT2D eigenvalue weighted by Crippen LogP contribution is 2.27. The molecule has 0 spiro atoms. The van der Waals surface area contributed by atoms with Crippen LogP contribution in [0.2, 0.25) is 0 Å². The Morgan fingerprint density at radius 3 is 1.97 bits per heavy atom. The summed E-state index contributed by atoms with van der Waals surface area (Å²) in [6, 6.07) is 8.61. The van der Waals surface area contributed by atoms with Gasteiger partial charge in [0.2, 0.25) is 0 Å². The topological polar surface area (TPSA) is 21.8 Å². The summed E-state index contributed by atoms with van der Waals surface area (Å²) in [5, 5.41) is 0. The van der Waals surface area contributed by atoms with Crippen LogP contribution in [-0.4, -0.2) is 18.8 Å². The number of benzene rings is 1. The van der Waals surface area contributed by atoms with Gasteiger partial charge >= 0.3 is 0 Å². The van der Waals surface area contributed by atoms with E-state index in [4.69, 9.17) is 9.47 Å². The Morgan fingerprint density at radius 2 is 1.38 bits per heavy atom. The van der Waals surface area contributed by atoms with Crippen LogP contribution in [0.3, 0.4) is 0 Å². The van der Waals surface area contributed by atoms with Crippen LogP contribution in [-0.2, 0) is 11.2 Å². The van der Waals surface area contributed by atoms with E-state index in [9.17, 15) is 0 Å². The Labute approximate surface area is 180 Å². The van der Waals surface area contributed by atoms with Gasteiger partial charge in [-0.25, -0.2) is 0 Å². The molecule has 2 nitrogen and oxygen atoms in total. The van der Waals surface area contributed by atoms with Crippen molar-refractivity contribution in [2.45, 2.75) is 109 Å². The van der Waals surface area contributed by atoms with Crippen LogP contribution in [0.5, 0.6) is 5.75 Å². The minimum Gasteiger partial charge on any atom is -0.491 e. The number of epoxide rings is 1. The van der Waals surface area contributed by atoms with E-state index < -0.39 is 0 Å². The number of aryl methyl sites for hydroxylation is 1. The second kappa shape index (κ2) is 14.7. The maximum Gasteiger partial charge on any atom is 0.123 e. The lowest BCUT2D eigenvalue weighted by atomic mass is 10.0. The standard InChI is InChI=1S/C27H44O2/c1-3-4-5-6-7-8-9-10-11-12-13-14-15-16-17-18-25-19-21-26(22-20-25)28-23-27(2)24-29-27/h9-10,19-22H,3-8,11-18,23-24H2,1-2H3/b10-9+. The van der Waals surface area contributed by atoms with Crippen molar-refractivity contribution in [3.8, 4) is 5.75 Å². The van der Waals surface area contributed by atoms with E-state index in [2.05, 4.69) is 50.3 Å². The van der Waals surface area contributed by atoms with Gasteiger partial charge in [-0.1, -0.05) is 82.6 Å². The van der Waals surface area contributed by atoms with E-state index in [1.165, 1.54) is 95.5 Å². The van der Waals surface area contributed by atoms with Gasteiger partial charge < -0.3 is 9.47 Å². The third kappa shape index (κ3) is 12.1. The number of unbranched alkanes of at least 4 members (excludes halogenated alkanes) is 11. The Kier molecular flexibility index (Phi) is 12.1. The number of rotatable bonds is 18. The molecular weight excluding hydrogens is 356 g/mol. The highest BCUT2D eigenvalue weighted by atomic mass is 16.6. The number of hydrogen-bond acceptors (Lipinski definition) is 2. The van der Waals surface area contributed by atoms with Crippen molar-refractivity contribution in [3.05, 3.63) is 42.0 Å². The number of hydrogen-bond donors (Lipinski definition) is 0. The minimum atomic E-state index is -0.0388. The van der Waals surface area contributed by atoms with E-state index in [0.29, 0.717) is 6.61 Å². The molecule has 164 valence electrons. The average Bonchev–Trinajstić information content (AvgIpc) is 3.48. The fraction of sp³-hybridized carbons (Fsp3) is 0.704. The van der Waals surface area contributed by atoms with Crippen molar-refractivity contribution >= 4 is 0 Å². The quantitative estimate of drug-likeness (QED) is 0.141. The van der Waals surface area contributed by atoms with Gasteiger partial charge in [0.05, 0.1) is 6.61 Å². The molecule has 0 bridgehead atoms.